The van der Waals surface area contributed by atoms with Gasteiger partial charge in [-0.05, 0) is 126 Å². The molecule has 8 aromatic heterocycles. The van der Waals surface area contributed by atoms with E-state index in [-0.39, 0.29) is 80.4 Å². The number of rotatable bonds is 20. The summed E-state index contributed by atoms with van der Waals surface area (Å²) in [4.78, 5) is 36.6. The van der Waals surface area contributed by atoms with Crippen LogP contribution < -0.4 is 41.5 Å². The van der Waals surface area contributed by atoms with Crippen LogP contribution in [0.1, 0.15) is 49.9 Å². The van der Waals surface area contributed by atoms with Gasteiger partial charge in [0.15, 0.2) is 0 Å². The van der Waals surface area contributed by atoms with E-state index in [0.717, 1.165) is 103 Å². The number of hydrogen-bond donors (Lipinski definition) is 0. The minimum absolute atomic E-state index is 0. The second-order valence-electron chi connectivity index (χ2n) is 44.4. The molecule has 0 N–H and O–H groups in total. The van der Waals surface area contributed by atoms with E-state index in [1.807, 2.05) is 195 Å². The van der Waals surface area contributed by atoms with Gasteiger partial charge in [-0.3, -0.25) is 0 Å². The second kappa shape index (κ2) is 57.4. The molecule has 0 atom stereocenters. The van der Waals surface area contributed by atoms with E-state index in [2.05, 4.69) is 409 Å². The Morgan fingerprint density at radius 3 is 0.507 bits per heavy atom. The van der Waals surface area contributed by atoms with Crippen LogP contribution in [-0.2, 0) is 93.3 Å². The van der Waals surface area contributed by atoms with Crippen LogP contribution in [-0.4, -0.2) is 104 Å². The van der Waals surface area contributed by atoms with Gasteiger partial charge in [0.25, 0.3) is 0 Å². The van der Waals surface area contributed by atoms with Gasteiger partial charge in [-0.2, -0.15) is 0 Å². The molecule has 4 radical (unpaired) electrons. The molecule has 0 bridgehead atoms. The second-order valence-corrected chi connectivity index (χ2v) is 84.8. The fourth-order valence-corrected chi connectivity index (χ4v) is 26.0. The zero-order valence-electron chi connectivity index (χ0n) is 89.5. The number of aromatic nitrogens is 8. The Hall–Kier alpha value is -8.71. The molecule has 0 aliphatic carbocycles. The molecule has 0 fully saturated rings. The maximum atomic E-state index is 4.69. The Labute approximate surface area is 917 Å². The summed E-state index contributed by atoms with van der Waals surface area (Å²) in [6.07, 6.45) is 18.6. The van der Waals surface area contributed by atoms with Gasteiger partial charge in [0.2, 0.25) is 0 Å². The Kier molecular flexibility index (Phi) is 50.0. The zero-order chi connectivity index (χ0) is 101. The molecule has 0 unspecified atom stereocenters. The molecule has 16 aromatic rings. The summed E-state index contributed by atoms with van der Waals surface area (Å²) in [7, 11) is -10.2. The topological polar surface area (TPSA) is 103 Å². The maximum Gasteiger partial charge on any atom is 0.0798 e. The van der Waals surface area contributed by atoms with Crippen molar-refractivity contribution in [3.8, 4) is 90.1 Å². The molecule has 8 heterocycles. The van der Waals surface area contributed by atoms with Gasteiger partial charge in [-0.1, -0.05) is 280 Å². The van der Waals surface area contributed by atoms with Gasteiger partial charge in [0.1, 0.15) is 0 Å². The first-order valence-corrected chi connectivity index (χ1v) is 76.6. The zero-order valence-corrected chi connectivity index (χ0v) is 107. The fraction of sp³-hybridized carbons (Fsp3) is 0.279. The third-order valence-electron chi connectivity index (χ3n) is 23.1. The van der Waals surface area contributed by atoms with Crippen LogP contribution in [0.4, 0.5) is 0 Å². The van der Waals surface area contributed by atoms with Crippen LogP contribution in [0.3, 0.4) is 0 Å². The molecule has 0 saturated heterocycles. The number of pyridine rings is 8. The molecule has 142 heavy (non-hydrogen) atoms. The number of benzene rings is 8. The quantitative estimate of drug-likeness (QED) is 0.0549. The molecule has 0 aliphatic heterocycles. The predicted octanol–water partition coefficient (Wildman–Crippen LogP) is 27.8. The monoisotopic (exact) mass is 2720 g/mol. The van der Waals surface area contributed by atoms with E-state index < -0.39 is 64.6 Å². The van der Waals surface area contributed by atoms with E-state index in [0.29, 0.717) is 11.8 Å². The summed E-state index contributed by atoms with van der Waals surface area (Å²) < 4.78 is 0. The first kappa shape index (κ1) is 124. The van der Waals surface area contributed by atoms with Crippen LogP contribution >= 0.6 is 0 Å². The normalized spacial score (nSPS) is 11.3. The number of hydrogen-bond acceptors (Lipinski definition) is 8. The first-order valence-electron chi connectivity index (χ1n) is 48.6. The molecule has 0 saturated carbocycles. The molecule has 8 aromatic carbocycles. The summed E-state index contributed by atoms with van der Waals surface area (Å²) in [5, 5.41) is 11.4. The van der Waals surface area contributed by atoms with Crippen molar-refractivity contribution in [3.05, 3.63) is 387 Å². The predicted molar refractivity (Wildman–Crippen MR) is 618 cm³/mol. The van der Waals surface area contributed by atoms with Crippen molar-refractivity contribution in [3.63, 3.8) is 0 Å². The average Bonchev–Trinajstić information content (AvgIpc) is 0.803. The van der Waals surface area contributed by atoms with Gasteiger partial charge in [0, 0.05) is 130 Å². The Balaban J connectivity index is 0.000000285. The van der Waals surface area contributed by atoms with Crippen LogP contribution in [0, 0.1) is 74.2 Å². The fourth-order valence-electron chi connectivity index (χ4n) is 15.2. The molecule has 0 spiro atoms. The SMILES string of the molecule is CC(C)Cc1cc(-c2[c-]cccc2)ncc1[Si](C)(C)C.CC(C)Cc1cc(-c2[c-]cccc2)ncc1[Si](C)(C)C.C[Si](C)(C)c1ccc(-c2[c-]cccc2)nc1.C[Si](C)(C)c1ccc(-c2[c-]cccc2)nc1.C[Si](C)(C)c1ccc(-c2[c-]cccc2)nc1.C[Si](C)(C)c1ccc(-c2[c-]cccc2)nc1.Cc1cc(-c2[c-]cccc2)ncc1[Si](C)(C)C.Cc1cc(-c2[c-]cccc2)ncc1[Si](C)(C)C.[Ir].[Ir].[Ir].[Ir]. The Morgan fingerprint density at radius 2 is 0.366 bits per heavy atom. The van der Waals surface area contributed by atoms with E-state index >= 15 is 0 Å². The van der Waals surface area contributed by atoms with Crippen molar-refractivity contribution in [2.45, 2.75) is 212 Å². The number of nitrogens with zero attached hydrogens (tertiary/aromatic N) is 8. The average molecular weight is 2720 g/mol. The smallest absolute Gasteiger partial charge is 0.0798 e. The Morgan fingerprint density at radius 1 is 0.197 bits per heavy atom. The summed E-state index contributed by atoms with van der Waals surface area (Å²) >= 11 is 0. The van der Waals surface area contributed by atoms with E-state index in [1.165, 1.54) is 63.7 Å². The molecular weight excluding hydrogens is 2570 g/mol. The van der Waals surface area contributed by atoms with E-state index in [4.69, 9.17) is 0 Å². The third-order valence-corrected chi connectivity index (χ3v) is 39.6. The molecule has 20 heteroatoms. The van der Waals surface area contributed by atoms with Crippen LogP contribution in [0.2, 0.25) is 157 Å². The Bertz CT molecular complexity index is 5780. The van der Waals surface area contributed by atoms with E-state index in [1.54, 1.807) is 0 Å². The van der Waals surface area contributed by atoms with Gasteiger partial charge in [-0.25, -0.2) is 0 Å². The standard InChI is InChI=1S/2C18H24NSi.2C15H18NSi.4C14H16NSi.4Ir/c2*1-14(2)11-16-12-17(15-9-7-6-8-10-15)19-13-18(16)20(3,4)5;2*1-12-10-14(13-8-6-5-7-9-13)16-11-15(12)17(2,3)4;4*1-16(2,3)13-9-10-14(15-11-13)12-7-5-4-6-8-12;;;;/h2*6-9,12-14H,11H2,1-5H3;2*5-8,10-11H,1-4H3;4*4-7,9-11H,1-3H3;;;;/q8*-1;;;;. The van der Waals surface area contributed by atoms with Crippen molar-refractivity contribution < 1.29 is 80.4 Å². The van der Waals surface area contributed by atoms with Gasteiger partial charge >= 0.3 is 0 Å². The first-order chi connectivity index (χ1) is 65.0. The number of aryl methyl sites for hydroxylation is 2. The van der Waals surface area contributed by atoms with Gasteiger partial charge < -0.3 is 39.9 Å². The van der Waals surface area contributed by atoms with Crippen LogP contribution in [0.25, 0.3) is 90.1 Å². The van der Waals surface area contributed by atoms with Gasteiger partial charge in [0.05, 0.1) is 64.6 Å². The summed E-state index contributed by atoms with van der Waals surface area (Å²) in [6.45, 7) is 69.9. The van der Waals surface area contributed by atoms with Crippen LogP contribution in [0.5, 0.6) is 0 Å². The molecular formula is C122H148Ir4N8Si8-8. The maximum absolute atomic E-state index is 4.69. The minimum Gasteiger partial charge on any atom is -0.305 e. The van der Waals surface area contributed by atoms with Crippen LogP contribution in [0.15, 0.2) is 316 Å². The molecule has 0 amide bonds. The van der Waals surface area contributed by atoms with Crippen molar-refractivity contribution in [2.75, 3.05) is 0 Å². The van der Waals surface area contributed by atoms with Crippen molar-refractivity contribution in [1.82, 2.24) is 39.9 Å². The largest absolute Gasteiger partial charge is 0.305 e. The summed E-state index contributed by atoms with van der Waals surface area (Å²) in [5.74, 6) is 1.33. The van der Waals surface area contributed by atoms with E-state index in [9.17, 15) is 0 Å². The summed E-state index contributed by atoms with van der Waals surface area (Å²) in [6, 6.07) is 116. The van der Waals surface area contributed by atoms with Crippen molar-refractivity contribution >= 4 is 106 Å². The van der Waals surface area contributed by atoms with Crippen molar-refractivity contribution in [2.24, 2.45) is 11.8 Å². The molecule has 0 aliphatic rings. The third kappa shape index (κ3) is 40.3. The minimum atomic E-state index is -1.34. The molecule has 16 rings (SSSR count). The molecule has 8 nitrogen and oxygen atoms in total. The van der Waals surface area contributed by atoms with Gasteiger partial charge in [-0.15, -0.1) is 287 Å². The summed E-state index contributed by atoms with van der Waals surface area (Å²) in [5.41, 5.74) is 22.3. The van der Waals surface area contributed by atoms with Crippen molar-refractivity contribution in [1.29, 1.82) is 0 Å². The molecule has 752 valence electrons.